The molecule has 0 unspecified atom stereocenters. The summed E-state index contributed by atoms with van der Waals surface area (Å²) in [5, 5.41) is 17.9. The standard InChI is InChI=1S/C10H12BNO2/c1-10(2,12-3)8-5-4-6-9(7-8)11(13)14/h4-7,13-14H,1-2H3. The molecule has 2 N–H and O–H groups in total. The molecule has 0 fully saturated rings. The second kappa shape index (κ2) is 3.83. The summed E-state index contributed by atoms with van der Waals surface area (Å²) in [6.07, 6.45) is 0. The van der Waals surface area contributed by atoms with Gasteiger partial charge < -0.3 is 14.9 Å². The Morgan fingerprint density at radius 1 is 1.36 bits per heavy atom. The maximum absolute atomic E-state index is 8.96. The first-order valence-electron chi connectivity index (χ1n) is 4.32. The van der Waals surface area contributed by atoms with Gasteiger partial charge in [-0.1, -0.05) is 24.3 Å². The maximum Gasteiger partial charge on any atom is 0.488 e. The van der Waals surface area contributed by atoms with Crippen molar-refractivity contribution in [3.8, 4) is 0 Å². The van der Waals surface area contributed by atoms with E-state index in [-0.39, 0.29) is 0 Å². The zero-order valence-corrected chi connectivity index (χ0v) is 8.23. The normalized spacial score (nSPS) is 10.8. The largest absolute Gasteiger partial charge is 0.488 e. The lowest BCUT2D eigenvalue weighted by atomic mass is 9.78. The van der Waals surface area contributed by atoms with Crippen molar-refractivity contribution in [1.82, 2.24) is 0 Å². The summed E-state index contributed by atoms with van der Waals surface area (Å²) in [7, 11) is -1.48. The summed E-state index contributed by atoms with van der Waals surface area (Å²) in [4.78, 5) is 3.48. The molecule has 0 saturated carbocycles. The highest BCUT2D eigenvalue weighted by atomic mass is 16.4. The minimum Gasteiger partial charge on any atom is -0.423 e. The van der Waals surface area contributed by atoms with Crippen molar-refractivity contribution in [2.45, 2.75) is 19.4 Å². The minimum atomic E-state index is -1.48. The monoisotopic (exact) mass is 189 g/mol. The van der Waals surface area contributed by atoms with E-state index in [0.29, 0.717) is 5.46 Å². The van der Waals surface area contributed by atoms with Gasteiger partial charge in [-0.25, -0.2) is 6.57 Å². The molecule has 1 aromatic carbocycles. The van der Waals surface area contributed by atoms with E-state index in [9.17, 15) is 0 Å². The van der Waals surface area contributed by atoms with Gasteiger partial charge >= 0.3 is 7.12 Å². The van der Waals surface area contributed by atoms with E-state index in [1.54, 1.807) is 32.0 Å². The minimum absolute atomic E-state index is 0.416. The number of nitrogens with zero attached hydrogens (tertiary/aromatic N) is 1. The molecular formula is C10H12BNO2. The molecule has 72 valence electrons. The van der Waals surface area contributed by atoms with Gasteiger partial charge in [0.1, 0.15) is 0 Å². The van der Waals surface area contributed by atoms with Gasteiger partial charge in [0.2, 0.25) is 0 Å². The Balaban J connectivity index is 3.14. The van der Waals surface area contributed by atoms with Crippen LogP contribution in [0.25, 0.3) is 4.85 Å². The third-order valence-corrected chi connectivity index (χ3v) is 2.17. The van der Waals surface area contributed by atoms with Gasteiger partial charge in [0.05, 0.1) is 0 Å². The summed E-state index contributed by atoms with van der Waals surface area (Å²) in [6, 6.07) is 6.79. The Morgan fingerprint density at radius 3 is 2.50 bits per heavy atom. The Bertz CT molecular complexity index is 369. The van der Waals surface area contributed by atoms with Crippen LogP contribution in [-0.4, -0.2) is 17.2 Å². The SMILES string of the molecule is [C-]#[N+]C(C)(C)c1cccc(B(O)O)c1. The average Bonchev–Trinajstić information content (AvgIpc) is 2.18. The lowest BCUT2D eigenvalue weighted by Gasteiger charge is -2.12. The summed E-state index contributed by atoms with van der Waals surface area (Å²) < 4.78 is 0. The van der Waals surface area contributed by atoms with Gasteiger partial charge in [-0.2, -0.15) is 0 Å². The van der Waals surface area contributed by atoms with Crippen molar-refractivity contribution in [3.63, 3.8) is 0 Å². The molecule has 0 radical (unpaired) electrons. The van der Waals surface area contributed by atoms with Crippen LogP contribution in [0.15, 0.2) is 24.3 Å². The average molecular weight is 189 g/mol. The van der Waals surface area contributed by atoms with E-state index in [4.69, 9.17) is 16.6 Å². The molecule has 0 heterocycles. The number of hydrogen-bond acceptors (Lipinski definition) is 2. The van der Waals surface area contributed by atoms with Crippen LogP contribution in [0.2, 0.25) is 0 Å². The third-order valence-electron chi connectivity index (χ3n) is 2.17. The second-order valence-electron chi connectivity index (χ2n) is 3.67. The van der Waals surface area contributed by atoms with Crippen LogP contribution in [0.5, 0.6) is 0 Å². The van der Waals surface area contributed by atoms with Crippen LogP contribution in [0.1, 0.15) is 19.4 Å². The highest BCUT2D eigenvalue weighted by Crippen LogP contribution is 2.23. The van der Waals surface area contributed by atoms with E-state index in [0.717, 1.165) is 5.56 Å². The molecular weight excluding hydrogens is 177 g/mol. The fraction of sp³-hybridized carbons (Fsp3) is 0.300. The Labute approximate surface area is 84.0 Å². The van der Waals surface area contributed by atoms with Gasteiger partial charge in [-0.15, -0.1) is 0 Å². The van der Waals surface area contributed by atoms with Crippen LogP contribution in [-0.2, 0) is 5.54 Å². The van der Waals surface area contributed by atoms with Gasteiger partial charge in [0, 0.05) is 19.4 Å². The Morgan fingerprint density at radius 2 is 2.00 bits per heavy atom. The highest BCUT2D eigenvalue weighted by Gasteiger charge is 2.26. The molecule has 3 nitrogen and oxygen atoms in total. The van der Waals surface area contributed by atoms with E-state index in [2.05, 4.69) is 4.85 Å². The van der Waals surface area contributed by atoms with E-state index in [1.165, 1.54) is 0 Å². The molecule has 0 bridgehead atoms. The topological polar surface area (TPSA) is 44.8 Å². The van der Waals surface area contributed by atoms with Crippen molar-refractivity contribution in [2.24, 2.45) is 0 Å². The number of rotatable bonds is 2. The van der Waals surface area contributed by atoms with Crippen LogP contribution in [0.4, 0.5) is 0 Å². The highest BCUT2D eigenvalue weighted by molar-refractivity contribution is 6.58. The molecule has 0 spiro atoms. The zero-order chi connectivity index (χ0) is 10.8. The fourth-order valence-electron chi connectivity index (χ4n) is 1.14. The molecule has 0 amide bonds. The molecule has 0 aliphatic carbocycles. The molecule has 0 aliphatic heterocycles. The predicted molar refractivity (Wildman–Crippen MR) is 55.9 cm³/mol. The molecule has 1 aromatic rings. The Kier molecular flexibility index (Phi) is 2.95. The number of hydrogen-bond donors (Lipinski definition) is 2. The predicted octanol–water partition coefficient (Wildman–Crippen LogP) is 0.521. The fourth-order valence-corrected chi connectivity index (χ4v) is 1.14. The molecule has 0 aromatic heterocycles. The van der Waals surface area contributed by atoms with E-state index in [1.807, 2.05) is 6.07 Å². The quantitative estimate of drug-likeness (QED) is 0.526. The first kappa shape index (κ1) is 10.8. The molecule has 0 aliphatic rings. The molecule has 1 rings (SSSR count). The molecule has 0 saturated heterocycles. The van der Waals surface area contributed by atoms with Crippen LogP contribution in [0, 0.1) is 6.57 Å². The van der Waals surface area contributed by atoms with Gasteiger partial charge in [0.15, 0.2) is 0 Å². The smallest absolute Gasteiger partial charge is 0.423 e. The molecule has 0 atom stereocenters. The second-order valence-corrected chi connectivity index (χ2v) is 3.67. The summed E-state index contributed by atoms with van der Waals surface area (Å²) >= 11 is 0. The van der Waals surface area contributed by atoms with Crippen molar-refractivity contribution < 1.29 is 10.0 Å². The van der Waals surface area contributed by atoms with Crippen molar-refractivity contribution >= 4 is 12.6 Å². The number of benzene rings is 1. The maximum atomic E-state index is 8.96. The first-order valence-corrected chi connectivity index (χ1v) is 4.32. The molecule has 4 heteroatoms. The van der Waals surface area contributed by atoms with Crippen molar-refractivity contribution in [3.05, 3.63) is 41.2 Å². The first-order chi connectivity index (χ1) is 6.47. The van der Waals surface area contributed by atoms with Crippen LogP contribution in [0.3, 0.4) is 0 Å². The lowest BCUT2D eigenvalue weighted by Crippen LogP contribution is -2.31. The summed E-state index contributed by atoms with van der Waals surface area (Å²) in [6.45, 7) is 10.6. The van der Waals surface area contributed by atoms with Gasteiger partial charge in [0.25, 0.3) is 5.54 Å². The Hall–Kier alpha value is -1.31. The van der Waals surface area contributed by atoms with E-state index < -0.39 is 12.7 Å². The third kappa shape index (κ3) is 2.14. The van der Waals surface area contributed by atoms with Crippen molar-refractivity contribution in [1.29, 1.82) is 0 Å². The van der Waals surface area contributed by atoms with Gasteiger partial charge in [-0.3, -0.25) is 0 Å². The van der Waals surface area contributed by atoms with Crippen LogP contribution >= 0.6 is 0 Å². The summed E-state index contributed by atoms with van der Waals surface area (Å²) in [5.41, 5.74) is 0.586. The van der Waals surface area contributed by atoms with Crippen LogP contribution < -0.4 is 5.46 Å². The zero-order valence-electron chi connectivity index (χ0n) is 8.23. The van der Waals surface area contributed by atoms with E-state index >= 15 is 0 Å². The van der Waals surface area contributed by atoms with Gasteiger partial charge in [-0.05, 0) is 5.46 Å². The van der Waals surface area contributed by atoms with Crippen molar-refractivity contribution in [2.75, 3.05) is 0 Å². The lowest BCUT2D eigenvalue weighted by molar-refractivity contribution is 0.425. The molecule has 14 heavy (non-hydrogen) atoms. The summed E-state index contributed by atoms with van der Waals surface area (Å²) in [5.74, 6) is 0.